The van der Waals surface area contributed by atoms with E-state index in [1.54, 1.807) is 6.26 Å². The second-order valence-corrected chi connectivity index (χ2v) is 4.79. The molecule has 0 bridgehead atoms. The minimum Gasteiger partial charge on any atom is -0.449 e. The molecule has 4 nitrogen and oxygen atoms in total. The molecule has 2 atom stereocenters. The molecular formula is C12H21N3O. The Morgan fingerprint density at radius 2 is 2.44 bits per heavy atom. The Labute approximate surface area is 96.8 Å². The Hall–Kier alpha value is -0.870. The number of aromatic nitrogens is 1. The van der Waals surface area contributed by atoms with Crippen LogP contribution < -0.4 is 5.73 Å². The lowest BCUT2D eigenvalue weighted by molar-refractivity contribution is 0.177. The largest absolute Gasteiger partial charge is 0.449 e. The fraction of sp³-hybridized carbons (Fsp3) is 0.750. The van der Waals surface area contributed by atoms with Gasteiger partial charge in [-0.3, -0.25) is 0 Å². The van der Waals surface area contributed by atoms with Gasteiger partial charge in [0.25, 0.3) is 0 Å². The van der Waals surface area contributed by atoms with E-state index in [0.29, 0.717) is 6.04 Å². The van der Waals surface area contributed by atoms with Crippen LogP contribution in [0.3, 0.4) is 0 Å². The van der Waals surface area contributed by atoms with Gasteiger partial charge in [0.05, 0.1) is 5.69 Å². The van der Waals surface area contributed by atoms with Crippen LogP contribution >= 0.6 is 0 Å². The van der Waals surface area contributed by atoms with Crippen molar-refractivity contribution in [2.24, 2.45) is 5.73 Å². The minimum atomic E-state index is -0.0402. The monoisotopic (exact) mass is 223 g/mol. The Balaban J connectivity index is 1.97. The van der Waals surface area contributed by atoms with Gasteiger partial charge >= 0.3 is 0 Å². The van der Waals surface area contributed by atoms with Gasteiger partial charge in [-0.15, -0.1) is 0 Å². The molecule has 1 aromatic heterocycles. The number of piperidine rings is 1. The summed E-state index contributed by atoms with van der Waals surface area (Å²) in [6.07, 6.45) is 6.46. The third kappa shape index (κ3) is 2.62. The van der Waals surface area contributed by atoms with E-state index in [1.807, 2.05) is 6.92 Å². The first-order valence-corrected chi connectivity index (χ1v) is 6.07. The number of hydrogen-bond acceptors (Lipinski definition) is 4. The van der Waals surface area contributed by atoms with Gasteiger partial charge in [-0.2, -0.15) is 0 Å². The van der Waals surface area contributed by atoms with Crippen molar-refractivity contribution in [1.82, 2.24) is 9.88 Å². The van der Waals surface area contributed by atoms with Gasteiger partial charge in [0.2, 0.25) is 0 Å². The quantitative estimate of drug-likeness (QED) is 0.847. The molecule has 1 aliphatic rings. The summed E-state index contributed by atoms with van der Waals surface area (Å²) in [5.74, 6) is 0.825. The van der Waals surface area contributed by atoms with Gasteiger partial charge in [0.1, 0.15) is 6.26 Å². The predicted octanol–water partition coefficient (Wildman–Crippen LogP) is 1.72. The highest BCUT2D eigenvalue weighted by Crippen LogP contribution is 2.19. The van der Waals surface area contributed by atoms with E-state index in [0.717, 1.165) is 18.0 Å². The zero-order valence-corrected chi connectivity index (χ0v) is 10.1. The lowest BCUT2D eigenvalue weighted by atomic mass is 10.0. The maximum Gasteiger partial charge on any atom is 0.195 e. The van der Waals surface area contributed by atoms with E-state index >= 15 is 0 Å². The molecule has 0 amide bonds. The highest BCUT2D eigenvalue weighted by atomic mass is 16.3. The molecule has 2 heterocycles. The van der Waals surface area contributed by atoms with Crippen LogP contribution in [0.2, 0.25) is 0 Å². The Morgan fingerprint density at radius 3 is 3.06 bits per heavy atom. The summed E-state index contributed by atoms with van der Waals surface area (Å²) in [5.41, 5.74) is 6.61. The maximum atomic E-state index is 5.75. The average Bonchev–Trinajstić information content (AvgIpc) is 2.70. The molecular weight excluding hydrogens is 202 g/mol. The Kier molecular flexibility index (Phi) is 3.61. The molecule has 1 aromatic rings. The molecule has 0 aliphatic carbocycles. The molecule has 0 spiro atoms. The summed E-state index contributed by atoms with van der Waals surface area (Å²) in [6, 6.07) is 0.537. The number of hydrogen-bond donors (Lipinski definition) is 1. The van der Waals surface area contributed by atoms with Crippen molar-refractivity contribution >= 4 is 0 Å². The molecule has 1 fully saturated rings. The third-order valence-electron chi connectivity index (χ3n) is 3.37. The molecule has 1 aliphatic heterocycles. The summed E-state index contributed by atoms with van der Waals surface area (Å²) >= 11 is 0. The lowest BCUT2D eigenvalue weighted by Crippen LogP contribution is -2.37. The van der Waals surface area contributed by atoms with E-state index in [1.165, 1.54) is 25.8 Å². The third-order valence-corrected chi connectivity index (χ3v) is 3.37. The van der Waals surface area contributed by atoms with E-state index in [4.69, 9.17) is 10.2 Å². The SMILES string of the molecule is CC(N)c1coc(CC2CCCCN2C)n1. The highest BCUT2D eigenvalue weighted by Gasteiger charge is 2.21. The number of rotatable bonds is 3. The maximum absolute atomic E-state index is 5.75. The van der Waals surface area contributed by atoms with Crippen LogP contribution in [-0.2, 0) is 6.42 Å². The zero-order valence-electron chi connectivity index (χ0n) is 10.1. The topological polar surface area (TPSA) is 55.3 Å². The standard InChI is InChI=1S/C12H21N3O/c1-9(13)11-8-16-12(14-11)7-10-5-3-4-6-15(10)2/h8-10H,3-7,13H2,1-2H3. The van der Waals surface area contributed by atoms with Crippen LogP contribution in [0.25, 0.3) is 0 Å². The van der Waals surface area contributed by atoms with Crippen LogP contribution in [0, 0.1) is 0 Å². The molecule has 0 radical (unpaired) electrons. The summed E-state index contributed by atoms with van der Waals surface area (Å²) in [6.45, 7) is 3.11. The molecule has 1 saturated heterocycles. The summed E-state index contributed by atoms with van der Waals surface area (Å²) in [5, 5.41) is 0. The van der Waals surface area contributed by atoms with Gasteiger partial charge in [-0.05, 0) is 33.4 Å². The fourth-order valence-electron chi connectivity index (χ4n) is 2.23. The van der Waals surface area contributed by atoms with Crippen LogP contribution in [0.15, 0.2) is 10.7 Å². The number of likely N-dealkylation sites (N-methyl/N-ethyl adjacent to an activating group) is 1. The van der Waals surface area contributed by atoms with Crippen molar-refractivity contribution in [2.75, 3.05) is 13.6 Å². The average molecular weight is 223 g/mol. The van der Waals surface area contributed by atoms with Gasteiger partial charge in [-0.25, -0.2) is 4.98 Å². The van der Waals surface area contributed by atoms with Gasteiger partial charge < -0.3 is 15.1 Å². The molecule has 2 N–H and O–H groups in total. The highest BCUT2D eigenvalue weighted by molar-refractivity contribution is 5.02. The van der Waals surface area contributed by atoms with Crippen molar-refractivity contribution in [2.45, 2.75) is 44.7 Å². The first kappa shape index (κ1) is 11.6. The van der Waals surface area contributed by atoms with E-state index in [9.17, 15) is 0 Å². The van der Waals surface area contributed by atoms with Gasteiger partial charge in [0.15, 0.2) is 5.89 Å². The van der Waals surface area contributed by atoms with Gasteiger partial charge in [-0.1, -0.05) is 6.42 Å². The molecule has 16 heavy (non-hydrogen) atoms. The number of nitrogens with two attached hydrogens (primary N) is 1. The second kappa shape index (κ2) is 4.97. The molecule has 4 heteroatoms. The predicted molar refractivity (Wildman–Crippen MR) is 63.1 cm³/mol. The molecule has 90 valence electrons. The van der Waals surface area contributed by atoms with E-state index in [2.05, 4.69) is 16.9 Å². The number of likely N-dealkylation sites (tertiary alicyclic amines) is 1. The van der Waals surface area contributed by atoms with Crippen molar-refractivity contribution in [1.29, 1.82) is 0 Å². The smallest absolute Gasteiger partial charge is 0.195 e. The van der Waals surface area contributed by atoms with Crippen LogP contribution in [0.4, 0.5) is 0 Å². The van der Waals surface area contributed by atoms with E-state index < -0.39 is 0 Å². The van der Waals surface area contributed by atoms with Gasteiger partial charge in [0, 0.05) is 18.5 Å². The lowest BCUT2D eigenvalue weighted by Gasteiger charge is -2.31. The van der Waals surface area contributed by atoms with Crippen molar-refractivity contribution in [3.05, 3.63) is 17.8 Å². The summed E-state index contributed by atoms with van der Waals surface area (Å²) in [4.78, 5) is 6.82. The fourth-order valence-corrected chi connectivity index (χ4v) is 2.23. The summed E-state index contributed by atoms with van der Waals surface area (Å²) < 4.78 is 5.46. The minimum absolute atomic E-state index is 0.0402. The molecule has 2 rings (SSSR count). The first-order chi connectivity index (χ1) is 7.66. The van der Waals surface area contributed by atoms with Crippen molar-refractivity contribution < 1.29 is 4.42 Å². The molecule has 2 unspecified atom stereocenters. The number of nitrogens with zero attached hydrogens (tertiary/aromatic N) is 2. The van der Waals surface area contributed by atoms with Crippen LogP contribution in [-0.4, -0.2) is 29.5 Å². The van der Waals surface area contributed by atoms with Crippen LogP contribution in [0.5, 0.6) is 0 Å². The first-order valence-electron chi connectivity index (χ1n) is 6.07. The molecule has 0 aromatic carbocycles. The van der Waals surface area contributed by atoms with Crippen molar-refractivity contribution in [3.8, 4) is 0 Å². The number of oxazole rings is 1. The van der Waals surface area contributed by atoms with Crippen LogP contribution in [0.1, 0.15) is 43.8 Å². The summed E-state index contributed by atoms with van der Waals surface area (Å²) in [7, 11) is 2.18. The Bertz CT molecular complexity index is 335. The normalized spacial score (nSPS) is 24.6. The second-order valence-electron chi connectivity index (χ2n) is 4.79. The zero-order chi connectivity index (χ0) is 11.5. The Morgan fingerprint density at radius 1 is 1.62 bits per heavy atom. The van der Waals surface area contributed by atoms with E-state index in [-0.39, 0.29) is 6.04 Å². The van der Waals surface area contributed by atoms with Crippen molar-refractivity contribution in [3.63, 3.8) is 0 Å². The molecule has 0 saturated carbocycles.